The minimum atomic E-state index is -5.05. The molecule has 4 rings (SSSR count). The van der Waals surface area contributed by atoms with Gasteiger partial charge in [-0.2, -0.15) is 8.42 Å². The molecule has 1 aliphatic heterocycles. The van der Waals surface area contributed by atoms with Crippen LogP contribution in [-0.2, 0) is 19.9 Å². The number of aromatic hydroxyl groups is 3. The number of benzene rings is 2. The fourth-order valence-corrected chi connectivity index (χ4v) is 3.99. The van der Waals surface area contributed by atoms with Crippen LogP contribution in [0.2, 0.25) is 0 Å². The molecule has 204 valence electrons. The van der Waals surface area contributed by atoms with Gasteiger partial charge in [0.2, 0.25) is 17.5 Å². The second-order valence-electron chi connectivity index (χ2n) is 7.97. The summed E-state index contributed by atoms with van der Waals surface area (Å²) in [5.41, 5.74) is -1.91. The average molecular weight is 558 g/mol. The molecule has 0 radical (unpaired) electrons. The molecule has 0 amide bonds. The number of aliphatic hydroxyl groups is 3. The zero-order chi connectivity index (χ0) is 28.1. The maximum absolute atomic E-state index is 13.4. The van der Waals surface area contributed by atoms with Crippen LogP contribution in [-0.4, -0.2) is 85.4 Å². The Bertz CT molecular complexity index is 1580. The van der Waals surface area contributed by atoms with Gasteiger partial charge in [-0.3, -0.25) is 9.35 Å². The molecule has 3 aromatic rings. The molecular formula is C21H18O16S. The summed E-state index contributed by atoms with van der Waals surface area (Å²) in [5.74, 6) is -6.06. The average Bonchev–Trinajstić information content (AvgIpc) is 2.80. The van der Waals surface area contributed by atoms with Gasteiger partial charge in [0.25, 0.3) is 0 Å². The number of carboxylic acid groups (broad SMARTS) is 1. The highest BCUT2D eigenvalue weighted by atomic mass is 32.3. The SMILES string of the molecule is O=C(O)[C@@H]1O[C@@H](Oc2c(-c3ccc(O)c(O)c3)oc3cc(OS(=O)(=O)O)cc(O)c3c2=O)[C@@H](O)[C@H](O)[C@H]1O. The van der Waals surface area contributed by atoms with E-state index in [1.54, 1.807) is 0 Å². The Morgan fingerprint density at radius 1 is 0.921 bits per heavy atom. The monoisotopic (exact) mass is 558 g/mol. The number of aliphatic carboxylic acids is 1. The van der Waals surface area contributed by atoms with E-state index in [4.69, 9.17) is 18.4 Å². The summed E-state index contributed by atoms with van der Waals surface area (Å²) < 4.78 is 51.3. The molecule has 1 aromatic heterocycles. The molecule has 16 nitrogen and oxygen atoms in total. The van der Waals surface area contributed by atoms with Crippen molar-refractivity contribution < 1.29 is 71.6 Å². The summed E-state index contributed by atoms with van der Waals surface area (Å²) in [5, 5.41) is 68.8. The van der Waals surface area contributed by atoms with Crippen molar-refractivity contribution in [3.05, 3.63) is 40.6 Å². The second kappa shape index (κ2) is 9.63. The van der Waals surface area contributed by atoms with Crippen molar-refractivity contribution in [3.8, 4) is 40.1 Å². The number of phenols is 3. The van der Waals surface area contributed by atoms with Gasteiger partial charge < -0.3 is 53.8 Å². The maximum atomic E-state index is 13.4. The van der Waals surface area contributed by atoms with E-state index in [1.807, 2.05) is 0 Å². The van der Waals surface area contributed by atoms with Gasteiger partial charge in [-0.15, -0.1) is 0 Å². The normalized spacial score (nSPS) is 23.7. The number of carbonyl (C=O) groups is 1. The zero-order valence-corrected chi connectivity index (χ0v) is 19.3. The number of rotatable bonds is 6. The topological polar surface area (TPSA) is 271 Å². The number of phenolic OH excluding ortho intramolecular Hbond substituents is 3. The predicted octanol–water partition coefficient (Wildman–Crippen LogP) is -0.971. The third kappa shape index (κ3) is 5.01. The van der Waals surface area contributed by atoms with E-state index in [0.29, 0.717) is 6.07 Å². The maximum Gasteiger partial charge on any atom is 0.446 e. The number of fused-ring (bicyclic) bond motifs is 1. The largest absolute Gasteiger partial charge is 0.507 e. The van der Waals surface area contributed by atoms with Crippen molar-refractivity contribution in [2.45, 2.75) is 30.7 Å². The molecule has 1 aliphatic rings. The van der Waals surface area contributed by atoms with E-state index in [2.05, 4.69) is 4.18 Å². The van der Waals surface area contributed by atoms with E-state index in [0.717, 1.165) is 24.3 Å². The molecule has 0 unspecified atom stereocenters. The van der Waals surface area contributed by atoms with Crippen LogP contribution in [0.25, 0.3) is 22.3 Å². The lowest BCUT2D eigenvalue weighted by Crippen LogP contribution is -2.61. The standard InChI is InChI=1S/C21H18O16S/c22-8-2-1-6(3-9(8)23)17-18(35-21-16(28)14(26)15(27)19(36-21)20(29)30)13(25)12-10(24)4-7(5-11(12)34-17)37-38(31,32)33/h1-5,14-16,19,21-24,26-28H,(H,29,30)(H,31,32,33)/t14-,15-,16+,19-,21-/m1/s1. The molecule has 1 fully saturated rings. The van der Waals surface area contributed by atoms with Gasteiger partial charge in [0.15, 0.2) is 29.1 Å². The molecule has 0 spiro atoms. The van der Waals surface area contributed by atoms with Crippen LogP contribution >= 0.6 is 0 Å². The first-order valence-corrected chi connectivity index (χ1v) is 11.7. The molecule has 0 saturated carbocycles. The highest BCUT2D eigenvalue weighted by Crippen LogP contribution is 2.39. The quantitative estimate of drug-likeness (QED) is 0.133. The molecule has 2 aromatic carbocycles. The highest BCUT2D eigenvalue weighted by molar-refractivity contribution is 7.81. The van der Waals surface area contributed by atoms with E-state index in [1.165, 1.54) is 0 Å². The van der Waals surface area contributed by atoms with Crippen LogP contribution in [0.15, 0.2) is 39.5 Å². The molecule has 8 N–H and O–H groups in total. The summed E-state index contributed by atoms with van der Waals surface area (Å²) in [6.45, 7) is 0. The Hall–Kier alpha value is -4.13. The first-order chi connectivity index (χ1) is 17.7. The van der Waals surface area contributed by atoms with Gasteiger partial charge in [0.1, 0.15) is 35.0 Å². The number of aliphatic hydroxyl groups excluding tert-OH is 3. The van der Waals surface area contributed by atoms with E-state index >= 15 is 0 Å². The lowest BCUT2D eigenvalue weighted by Gasteiger charge is -2.38. The van der Waals surface area contributed by atoms with Crippen molar-refractivity contribution in [2.24, 2.45) is 0 Å². The van der Waals surface area contributed by atoms with Crippen LogP contribution < -0.4 is 14.3 Å². The van der Waals surface area contributed by atoms with Gasteiger partial charge >= 0.3 is 16.4 Å². The zero-order valence-electron chi connectivity index (χ0n) is 18.5. The third-order valence-corrected chi connectivity index (χ3v) is 5.80. The lowest BCUT2D eigenvalue weighted by atomic mass is 9.99. The summed E-state index contributed by atoms with van der Waals surface area (Å²) in [6, 6.07) is 4.45. The number of ether oxygens (including phenoxy) is 2. The summed E-state index contributed by atoms with van der Waals surface area (Å²) in [4.78, 5) is 24.8. The van der Waals surface area contributed by atoms with Gasteiger partial charge in [-0.1, -0.05) is 0 Å². The fourth-order valence-electron chi connectivity index (χ4n) is 3.65. The first kappa shape index (κ1) is 26.9. The molecule has 0 bridgehead atoms. The lowest BCUT2D eigenvalue weighted by molar-refractivity contribution is -0.271. The van der Waals surface area contributed by atoms with E-state index < -0.39 is 98.0 Å². The van der Waals surface area contributed by atoms with Crippen LogP contribution in [0.3, 0.4) is 0 Å². The van der Waals surface area contributed by atoms with Crippen LogP contribution in [0.1, 0.15) is 0 Å². The minimum absolute atomic E-state index is 0.171. The van der Waals surface area contributed by atoms with Gasteiger partial charge in [0, 0.05) is 17.7 Å². The molecule has 0 aliphatic carbocycles. The van der Waals surface area contributed by atoms with Crippen molar-refractivity contribution in [1.82, 2.24) is 0 Å². The summed E-state index contributed by atoms with van der Waals surface area (Å²) >= 11 is 0. The molecule has 2 heterocycles. The Kier molecular flexibility index (Phi) is 6.82. The van der Waals surface area contributed by atoms with Crippen molar-refractivity contribution in [2.75, 3.05) is 0 Å². The highest BCUT2D eigenvalue weighted by Gasteiger charge is 2.48. The van der Waals surface area contributed by atoms with Gasteiger partial charge in [-0.25, -0.2) is 4.79 Å². The third-order valence-electron chi connectivity index (χ3n) is 5.39. The Labute approximate surface area is 210 Å². The predicted molar refractivity (Wildman–Crippen MR) is 120 cm³/mol. The molecular weight excluding hydrogens is 540 g/mol. The van der Waals surface area contributed by atoms with Crippen molar-refractivity contribution in [1.29, 1.82) is 0 Å². The molecule has 17 heteroatoms. The van der Waals surface area contributed by atoms with Crippen molar-refractivity contribution in [3.63, 3.8) is 0 Å². The summed E-state index contributed by atoms with van der Waals surface area (Å²) in [6.07, 6.45) is -10.5. The Morgan fingerprint density at radius 3 is 2.21 bits per heavy atom. The smallest absolute Gasteiger partial charge is 0.446 e. The molecule has 1 saturated heterocycles. The number of hydrogen-bond acceptors (Lipinski definition) is 14. The van der Waals surface area contributed by atoms with Crippen LogP contribution in [0.4, 0.5) is 0 Å². The second-order valence-corrected chi connectivity index (χ2v) is 8.99. The van der Waals surface area contributed by atoms with Gasteiger partial charge in [-0.05, 0) is 18.2 Å². The van der Waals surface area contributed by atoms with Crippen LogP contribution in [0, 0.1) is 0 Å². The number of hydrogen-bond donors (Lipinski definition) is 8. The molecule has 5 atom stereocenters. The van der Waals surface area contributed by atoms with E-state index in [9.17, 15) is 53.8 Å². The Balaban J connectivity index is 1.93. The summed E-state index contributed by atoms with van der Waals surface area (Å²) in [7, 11) is -5.05. The van der Waals surface area contributed by atoms with Gasteiger partial charge in [0.05, 0.1) is 0 Å². The van der Waals surface area contributed by atoms with Crippen LogP contribution in [0.5, 0.6) is 28.7 Å². The number of carboxylic acids is 1. The van der Waals surface area contributed by atoms with Crippen molar-refractivity contribution >= 4 is 27.3 Å². The minimum Gasteiger partial charge on any atom is -0.507 e. The molecule has 38 heavy (non-hydrogen) atoms. The Morgan fingerprint density at radius 2 is 1.61 bits per heavy atom. The van der Waals surface area contributed by atoms with E-state index in [-0.39, 0.29) is 5.56 Å². The fraction of sp³-hybridized carbons (Fsp3) is 0.238. The first-order valence-electron chi connectivity index (χ1n) is 10.3.